The number of nitrogens with zero attached hydrogens (tertiary/aromatic N) is 6. The largest absolute Gasteiger partial charge is 0.496 e. The third kappa shape index (κ3) is 4.51. The maximum atomic E-state index is 5.92. The van der Waals surface area contributed by atoms with Gasteiger partial charge in [-0.1, -0.05) is 23.4 Å². The first-order valence-electron chi connectivity index (χ1n) is 14.1. The van der Waals surface area contributed by atoms with Gasteiger partial charge in [0.05, 0.1) is 35.0 Å². The number of benzene rings is 2. The zero-order valence-electron chi connectivity index (χ0n) is 23.9. The number of para-hydroxylation sites is 1. The normalized spacial score (nSPS) is 14.9. The topological polar surface area (TPSA) is 96.2 Å². The maximum absolute atomic E-state index is 5.92. The van der Waals surface area contributed by atoms with Gasteiger partial charge in [0.1, 0.15) is 23.0 Å². The zero-order chi connectivity index (χ0) is 28.1. The molecule has 0 unspecified atom stereocenters. The number of hydrogen-bond acceptors (Lipinski definition) is 8. The molecule has 6 aromatic rings. The lowest BCUT2D eigenvalue weighted by Crippen LogP contribution is -2.45. The van der Waals surface area contributed by atoms with Crippen LogP contribution in [0.15, 0.2) is 53.2 Å². The first-order valence-corrected chi connectivity index (χ1v) is 14.1. The van der Waals surface area contributed by atoms with Crippen molar-refractivity contribution in [3.8, 4) is 28.1 Å². The number of methoxy groups -OCH3 is 1. The molecule has 5 heterocycles. The molecule has 2 aromatic carbocycles. The van der Waals surface area contributed by atoms with Gasteiger partial charge >= 0.3 is 0 Å². The van der Waals surface area contributed by atoms with Crippen molar-refractivity contribution in [2.45, 2.75) is 20.3 Å². The van der Waals surface area contributed by atoms with Crippen LogP contribution in [0.5, 0.6) is 5.75 Å². The third-order valence-corrected chi connectivity index (χ3v) is 8.27. The molecule has 9 nitrogen and oxygen atoms in total. The van der Waals surface area contributed by atoms with E-state index >= 15 is 0 Å². The van der Waals surface area contributed by atoms with Crippen molar-refractivity contribution in [3.05, 3.63) is 65.9 Å². The summed E-state index contributed by atoms with van der Waals surface area (Å²) in [4.78, 5) is 23.4. The lowest BCUT2D eigenvalue weighted by molar-refractivity contribution is 0.155. The maximum Gasteiger partial charge on any atom is 0.142 e. The van der Waals surface area contributed by atoms with E-state index in [9.17, 15) is 0 Å². The number of aryl methyl sites for hydroxylation is 2. The van der Waals surface area contributed by atoms with Crippen molar-refractivity contribution in [1.82, 2.24) is 34.9 Å². The highest BCUT2D eigenvalue weighted by atomic mass is 16.5. The second kappa shape index (κ2) is 10.2. The number of fused-ring (bicyclic) bond motifs is 4. The van der Waals surface area contributed by atoms with Crippen LogP contribution >= 0.6 is 0 Å². The van der Waals surface area contributed by atoms with E-state index in [0.717, 1.165) is 117 Å². The molecule has 41 heavy (non-hydrogen) atoms. The van der Waals surface area contributed by atoms with E-state index in [1.807, 2.05) is 38.2 Å². The summed E-state index contributed by atoms with van der Waals surface area (Å²) in [6.07, 6.45) is 2.64. The minimum absolute atomic E-state index is 0.748. The monoisotopic (exact) mass is 547 g/mol. The Labute approximate surface area is 238 Å². The van der Waals surface area contributed by atoms with Crippen molar-refractivity contribution in [2.75, 3.05) is 46.9 Å². The van der Waals surface area contributed by atoms with Crippen LogP contribution in [-0.4, -0.2) is 81.8 Å². The lowest BCUT2D eigenvalue weighted by Gasteiger charge is -2.32. The molecule has 1 N–H and O–H groups in total. The minimum atomic E-state index is 0.748. The van der Waals surface area contributed by atoms with Gasteiger partial charge in [-0.2, -0.15) is 0 Å². The molecule has 0 amide bonds. The highest BCUT2D eigenvalue weighted by molar-refractivity contribution is 6.15. The zero-order valence-corrected chi connectivity index (χ0v) is 23.9. The average molecular weight is 548 g/mol. The Balaban J connectivity index is 1.43. The third-order valence-electron chi connectivity index (χ3n) is 8.27. The number of ether oxygens (including phenoxy) is 1. The van der Waals surface area contributed by atoms with Crippen molar-refractivity contribution in [2.24, 2.45) is 0 Å². The summed E-state index contributed by atoms with van der Waals surface area (Å²) in [5.41, 5.74) is 7.36. The van der Waals surface area contributed by atoms with Crippen molar-refractivity contribution < 1.29 is 9.26 Å². The number of pyridine rings is 1. The van der Waals surface area contributed by atoms with Gasteiger partial charge in [-0.3, -0.25) is 4.98 Å². The summed E-state index contributed by atoms with van der Waals surface area (Å²) in [6, 6.07) is 14.5. The van der Waals surface area contributed by atoms with E-state index < -0.39 is 0 Å². The Hall–Kier alpha value is -4.34. The fraction of sp³-hybridized carbons (Fsp3) is 0.312. The van der Waals surface area contributed by atoms with Crippen LogP contribution < -0.4 is 4.74 Å². The number of hydrogen-bond donors (Lipinski definition) is 1. The van der Waals surface area contributed by atoms with Crippen LogP contribution in [-0.2, 0) is 6.42 Å². The highest BCUT2D eigenvalue weighted by Gasteiger charge is 2.22. The smallest absolute Gasteiger partial charge is 0.142 e. The fourth-order valence-corrected chi connectivity index (χ4v) is 6.04. The fourth-order valence-electron chi connectivity index (χ4n) is 6.04. The van der Waals surface area contributed by atoms with E-state index in [1.54, 1.807) is 7.11 Å². The predicted molar refractivity (Wildman–Crippen MR) is 161 cm³/mol. The van der Waals surface area contributed by atoms with Gasteiger partial charge in [0.2, 0.25) is 0 Å². The highest BCUT2D eigenvalue weighted by Crippen LogP contribution is 2.42. The molecular weight excluding hydrogens is 514 g/mol. The van der Waals surface area contributed by atoms with Gasteiger partial charge in [0, 0.05) is 72.8 Å². The summed E-state index contributed by atoms with van der Waals surface area (Å²) in [7, 11) is 3.88. The van der Waals surface area contributed by atoms with Gasteiger partial charge in [-0.25, -0.2) is 9.97 Å². The predicted octanol–water partition coefficient (Wildman–Crippen LogP) is 5.40. The molecule has 0 aliphatic carbocycles. The molecule has 0 spiro atoms. The van der Waals surface area contributed by atoms with Crippen molar-refractivity contribution in [1.29, 1.82) is 0 Å². The van der Waals surface area contributed by atoms with E-state index in [-0.39, 0.29) is 0 Å². The van der Waals surface area contributed by atoms with Gasteiger partial charge in [0.15, 0.2) is 0 Å². The van der Waals surface area contributed by atoms with Crippen LogP contribution in [0.1, 0.15) is 17.3 Å². The van der Waals surface area contributed by atoms with E-state index in [4.69, 9.17) is 19.2 Å². The Morgan fingerprint density at radius 1 is 0.976 bits per heavy atom. The molecule has 208 valence electrons. The Morgan fingerprint density at radius 2 is 1.80 bits per heavy atom. The van der Waals surface area contributed by atoms with E-state index in [1.165, 1.54) is 0 Å². The number of nitrogens with one attached hydrogen (secondary N) is 1. The molecule has 7 rings (SSSR count). The first kappa shape index (κ1) is 25.6. The van der Waals surface area contributed by atoms with Crippen LogP contribution in [0.3, 0.4) is 0 Å². The minimum Gasteiger partial charge on any atom is -0.496 e. The van der Waals surface area contributed by atoms with Crippen LogP contribution in [0.2, 0.25) is 0 Å². The van der Waals surface area contributed by atoms with Crippen LogP contribution in [0.4, 0.5) is 0 Å². The lowest BCUT2D eigenvalue weighted by atomic mass is 9.99. The molecule has 0 radical (unpaired) electrons. The molecule has 0 bridgehead atoms. The Morgan fingerprint density at radius 3 is 2.59 bits per heavy atom. The Kier molecular flexibility index (Phi) is 6.40. The second-order valence-corrected chi connectivity index (χ2v) is 10.9. The molecule has 1 saturated heterocycles. The number of piperazine rings is 1. The van der Waals surface area contributed by atoms with Gasteiger partial charge in [-0.05, 0) is 45.2 Å². The second-order valence-electron chi connectivity index (χ2n) is 10.9. The molecule has 1 fully saturated rings. The molecule has 1 aliphatic rings. The molecule has 4 aromatic heterocycles. The van der Waals surface area contributed by atoms with Gasteiger partial charge < -0.3 is 24.0 Å². The van der Waals surface area contributed by atoms with E-state index in [0.29, 0.717) is 0 Å². The first-order chi connectivity index (χ1) is 20.0. The van der Waals surface area contributed by atoms with Crippen molar-refractivity contribution in [3.63, 3.8) is 0 Å². The summed E-state index contributed by atoms with van der Waals surface area (Å²) in [5, 5.41) is 7.22. The standard InChI is InChI=1S/C32H33N7O2/c1-19-29(20(2)41-37-19)24-17-26-23(18-27(24)40-4)30-31(22-9-11-33-25-8-6-5-7-21(22)25)35-28(36-32(30)34-26)10-12-39-15-13-38(3)14-16-39/h5-9,11,17-18H,10,12-16H2,1-4H3,(H,34,35,36). The van der Waals surface area contributed by atoms with Crippen LogP contribution in [0.25, 0.3) is 55.2 Å². The number of H-pyrrole nitrogens is 1. The summed E-state index contributed by atoms with van der Waals surface area (Å²) < 4.78 is 11.4. The van der Waals surface area contributed by atoms with Gasteiger partial charge in [0.25, 0.3) is 0 Å². The van der Waals surface area contributed by atoms with E-state index in [2.05, 4.69) is 56.2 Å². The molecule has 1 aliphatic heterocycles. The molecule has 0 saturated carbocycles. The quantitative estimate of drug-likeness (QED) is 0.296. The average Bonchev–Trinajstić information content (AvgIpc) is 3.53. The van der Waals surface area contributed by atoms with Gasteiger partial charge in [-0.15, -0.1) is 0 Å². The molecule has 9 heteroatoms. The number of likely N-dealkylation sites (N-methyl/N-ethyl adjacent to an activating group) is 1. The number of aromatic amines is 1. The molecular formula is C32H33N7O2. The molecule has 0 atom stereocenters. The Bertz CT molecular complexity index is 1880. The van der Waals surface area contributed by atoms with Crippen molar-refractivity contribution >= 4 is 32.8 Å². The summed E-state index contributed by atoms with van der Waals surface area (Å²) in [5.74, 6) is 2.33. The van der Waals surface area contributed by atoms with Crippen LogP contribution in [0, 0.1) is 13.8 Å². The SMILES string of the molecule is COc1cc2c(cc1-c1c(C)noc1C)[nH]c1nc(CCN3CCN(C)CC3)nc(-c3ccnc4ccccc34)c12. The summed E-state index contributed by atoms with van der Waals surface area (Å²) >= 11 is 0. The number of aromatic nitrogens is 5. The summed E-state index contributed by atoms with van der Waals surface area (Å²) in [6.45, 7) is 9.12. The number of rotatable bonds is 6.